The van der Waals surface area contributed by atoms with Crippen molar-refractivity contribution in [3.05, 3.63) is 15.6 Å². The minimum atomic E-state index is -0.716. The predicted octanol–water partition coefficient (Wildman–Crippen LogP) is 2.31. The summed E-state index contributed by atoms with van der Waals surface area (Å²) in [5.74, 6) is -1.06. The van der Waals surface area contributed by atoms with Gasteiger partial charge in [-0.2, -0.15) is 0 Å². The number of hydrogen-bond acceptors (Lipinski definition) is 3. The number of rotatable bonds is 2. The second kappa shape index (κ2) is 2.82. The van der Waals surface area contributed by atoms with Crippen molar-refractivity contribution >= 4 is 17.3 Å². The minimum absolute atomic E-state index is 0.276. The number of nitrogens with zero attached hydrogens (tertiary/aromatic N) is 1. The van der Waals surface area contributed by atoms with Crippen molar-refractivity contribution in [3.63, 3.8) is 0 Å². The zero-order valence-electron chi connectivity index (χ0n) is 8.62. The van der Waals surface area contributed by atoms with E-state index < -0.39 is 5.97 Å². The molecule has 0 aromatic carbocycles. The molecule has 1 N–H and O–H groups in total. The second-order valence-electron chi connectivity index (χ2n) is 4.82. The molecule has 0 amide bonds. The number of aromatic nitrogens is 1. The Kier molecular flexibility index (Phi) is 1.75. The van der Waals surface area contributed by atoms with Crippen LogP contribution in [0.15, 0.2) is 0 Å². The summed E-state index contributed by atoms with van der Waals surface area (Å²) in [5, 5.41) is 10.2. The molecule has 0 spiro atoms. The van der Waals surface area contributed by atoms with Gasteiger partial charge in [-0.1, -0.05) is 6.92 Å². The smallest absolute Gasteiger partial charge is 0.312 e. The van der Waals surface area contributed by atoms with Gasteiger partial charge in [0.25, 0.3) is 0 Å². The molecule has 1 aromatic heterocycles. The Morgan fingerprint density at radius 2 is 2.33 bits per heavy atom. The van der Waals surface area contributed by atoms with Crippen molar-refractivity contribution in [2.75, 3.05) is 0 Å². The van der Waals surface area contributed by atoms with Gasteiger partial charge in [-0.05, 0) is 25.7 Å². The van der Waals surface area contributed by atoms with Crippen LogP contribution in [0.3, 0.4) is 0 Å². The van der Waals surface area contributed by atoms with Gasteiger partial charge in [-0.3, -0.25) is 4.79 Å². The van der Waals surface area contributed by atoms with Crippen LogP contribution in [0.1, 0.15) is 47.7 Å². The Morgan fingerprint density at radius 1 is 1.60 bits per heavy atom. The molecule has 1 saturated carbocycles. The summed E-state index contributed by atoms with van der Waals surface area (Å²) in [4.78, 5) is 16.8. The summed E-state index contributed by atoms with van der Waals surface area (Å²) >= 11 is 1.74. The second-order valence-corrected chi connectivity index (χ2v) is 5.90. The molecule has 3 rings (SSSR count). The first-order chi connectivity index (χ1) is 7.10. The maximum Gasteiger partial charge on any atom is 0.312 e. The maximum absolute atomic E-state index is 11.0. The first-order valence-electron chi connectivity index (χ1n) is 5.33. The van der Waals surface area contributed by atoms with Crippen molar-refractivity contribution in [2.45, 2.75) is 43.9 Å². The van der Waals surface area contributed by atoms with Crippen LogP contribution in [-0.2, 0) is 16.6 Å². The highest BCUT2D eigenvalue weighted by atomic mass is 32.1. The molecule has 2 aliphatic carbocycles. The number of aliphatic carboxylic acids is 1. The van der Waals surface area contributed by atoms with Crippen LogP contribution in [0.4, 0.5) is 0 Å². The fourth-order valence-electron chi connectivity index (χ4n) is 2.13. The van der Waals surface area contributed by atoms with E-state index in [4.69, 9.17) is 5.11 Å². The average Bonchev–Trinajstić information content (AvgIpc) is 2.62. The third-order valence-corrected chi connectivity index (χ3v) is 4.97. The fourth-order valence-corrected chi connectivity index (χ4v) is 3.47. The first kappa shape index (κ1) is 9.33. The zero-order valence-corrected chi connectivity index (χ0v) is 9.43. The summed E-state index contributed by atoms with van der Waals surface area (Å²) < 4.78 is 0. The maximum atomic E-state index is 11.0. The normalized spacial score (nSPS) is 26.3. The number of fused-ring (bicyclic) bond motifs is 1. The van der Waals surface area contributed by atoms with E-state index in [1.165, 1.54) is 22.7 Å². The monoisotopic (exact) mass is 223 g/mol. The van der Waals surface area contributed by atoms with Crippen LogP contribution >= 0.6 is 11.3 Å². The topological polar surface area (TPSA) is 50.2 Å². The Morgan fingerprint density at radius 3 is 2.93 bits per heavy atom. The molecule has 0 radical (unpaired) electrons. The largest absolute Gasteiger partial charge is 0.481 e. The van der Waals surface area contributed by atoms with Gasteiger partial charge in [0.05, 0.1) is 10.7 Å². The quantitative estimate of drug-likeness (QED) is 0.837. The molecule has 1 unspecified atom stereocenters. The predicted molar refractivity (Wildman–Crippen MR) is 57.4 cm³/mol. The summed E-state index contributed by atoms with van der Waals surface area (Å²) in [6.45, 7) is 2.22. The van der Waals surface area contributed by atoms with Crippen LogP contribution in [0.5, 0.6) is 0 Å². The van der Waals surface area contributed by atoms with Crippen molar-refractivity contribution in [1.82, 2.24) is 4.98 Å². The van der Waals surface area contributed by atoms with Crippen LogP contribution in [0.2, 0.25) is 0 Å². The summed E-state index contributed by atoms with van der Waals surface area (Å²) in [5.41, 5.74) is 1.13. The zero-order chi connectivity index (χ0) is 10.6. The van der Waals surface area contributed by atoms with Crippen LogP contribution in [0.25, 0.3) is 0 Å². The van der Waals surface area contributed by atoms with E-state index in [-0.39, 0.29) is 11.3 Å². The molecule has 0 aliphatic heterocycles. The molecule has 1 aromatic rings. The van der Waals surface area contributed by atoms with Crippen LogP contribution < -0.4 is 0 Å². The molecule has 1 atom stereocenters. The van der Waals surface area contributed by atoms with Crippen molar-refractivity contribution < 1.29 is 9.90 Å². The molecule has 0 saturated heterocycles. The van der Waals surface area contributed by atoms with Crippen molar-refractivity contribution in [2.24, 2.45) is 0 Å². The van der Waals surface area contributed by atoms with Gasteiger partial charge >= 0.3 is 5.97 Å². The lowest BCUT2D eigenvalue weighted by Crippen LogP contribution is -2.09. The molecule has 3 nitrogen and oxygen atoms in total. The Labute approximate surface area is 92.2 Å². The average molecular weight is 223 g/mol. The number of carboxylic acids is 1. The van der Waals surface area contributed by atoms with E-state index in [1.54, 1.807) is 11.3 Å². The third-order valence-electron chi connectivity index (χ3n) is 3.53. The molecular formula is C11H13NO2S. The summed E-state index contributed by atoms with van der Waals surface area (Å²) in [7, 11) is 0. The molecule has 2 aliphatic rings. The lowest BCUT2D eigenvalue weighted by molar-refractivity contribution is -0.138. The highest BCUT2D eigenvalue weighted by Gasteiger charge is 2.44. The molecule has 80 valence electrons. The standard InChI is InChI=1S/C11H13NO2S/c1-11(4-5-11)10-12-8-6(9(13)14)2-3-7(8)15-10/h6H,2-5H2,1H3,(H,13,14). The minimum Gasteiger partial charge on any atom is -0.481 e. The Hall–Kier alpha value is -0.900. The summed E-state index contributed by atoms with van der Waals surface area (Å²) in [6, 6.07) is 0. The lowest BCUT2D eigenvalue weighted by atomic mass is 10.1. The highest BCUT2D eigenvalue weighted by molar-refractivity contribution is 7.12. The van der Waals surface area contributed by atoms with Gasteiger partial charge in [0.2, 0.25) is 0 Å². The number of aryl methyl sites for hydroxylation is 1. The number of carboxylic acid groups (broad SMARTS) is 1. The third kappa shape index (κ3) is 1.31. The number of carbonyl (C=O) groups is 1. The molecule has 1 fully saturated rings. The van der Waals surface area contributed by atoms with E-state index in [9.17, 15) is 4.79 Å². The van der Waals surface area contributed by atoms with E-state index in [0.717, 1.165) is 18.5 Å². The van der Waals surface area contributed by atoms with Crippen molar-refractivity contribution in [3.8, 4) is 0 Å². The summed E-state index contributed by atoms with van der Waals surface area (Å²) in [6.07, 6.45) is 4.05. The molecule has 0 bridgehead atoms. The van der Waals surface area contributed by atoms with Gasteiger partial charge in [0.1, 0.15) is 5.92 Å². The molecule has 4 heteroatoms. The van der Waals surface area contributed by atoms with Gasteiger partial charge in [0.15, 0.2) is 0 Å². The van der Waals surface area contributed by atoms with Crippen LogP contribution in [-0.4, -0.2) is 16.1 Å². The Balaban J connectivity index is 1.99. The number of thiazole rings is 1. The molecule has 1 heterocycles. The fraction of sp³-hybridized carbons (Fsp3) is 0.636. The van der Waals surface area contributed by atoms with Crippen LogP contribution in [0, 0.1) is 0 Å². The van der Waals surface area contributed by atoms with E-state index in [1.807, 2.05) is 0 Å². The Bertz CT molecular complexity index is 434. The van der Waals surface area contributed by atoms with Gasteiger partial charge in [-0.25, -0.2) is 4.98 Å². The molecular weight excluding hydrogens is 210 g/mol. The molecule has 15 heavy (non-hydrogen) atoms. The van der Waals surface area contributed by atoms with Gasteiger partial charge in [-0.15, -0.1) is 11.3 Å². The SMILES string of the molecule is CC1(c2nc3c(s2)CCC3C(=O)O)CC1. The van der Waals surface area contributed by atoms with Gasteiger partial charge in [0, 0.05) is 10.3 Å². The highest BCUT2D eigenvalue weighted by Crippen LogP contribution is 2.51. The first-order valence-corrected chi connectivity index (χ1v) is 6.15. The van der Waals surface area contributed by atoms with Gasteiger partial charge < -0.3 is 5.11 Å². The lowest BCUT2D eigenvalue weighted by Gasteiger charge is -2.04. The van der Waals surface area contributed by atoms with E-state index >= 15 is 0 Å². The number of hydrogen-bond donors (Lipinski definition) is 1. The van der Waals surface area contributed by atoms with Crippen molar-refractivity contribution in [1.29, 1.82) is 0 Å². The van der Waals surface area contributed by atoms with E-state index in [0.29, 0.717) is 0 Å². The van der Waals surface area contributed by atoms with E-state index in [2.05, 4.69) is 11.9 Å².